The molecule has 0 saturated heterocycles. The molecule has 0 bridgehead atoms. The van der Waals surface area contributed by atoms with Crippen molar-refractivity contribution in [3.8, 4) is 0 Å². The van der Waals surface area contributed by atoms with Crippen molar-refractivity contribution in [3.63, 3.8) is 0 Å². The minimum atomic E-state index is -4.16. The van der Waals surface area contributed by atoms with Crippen molar-refractivity contribution in [3.05, 3.63) is 12.5 Å². The summed E-state index contributed by atoms with van der Waals surface area (Å²) >= 11 is 0. The molecule has 1 fully saturated rings. The Balaban J connectivity index is 1.79. The average molecular weight is 299 g/mol. The number of ether oxygens (including phenoxy) is 1. The van der Waals surface area contributed by atoms with Gasteiger partial charge in [-0.2, -0.15) is 4.98 Å². The molecular formula is C10H14N5O4P. The normalized spacial score (nSPS) is 17.5. The van der Waals surface area contributed by atoms with Crippen molar-refractivity contribution < 1.29 is 19.1 Å². The first-order valence-corrected chi connectivity index (χ1v) is 7.79. The summed E-state index contributed by atoms with van der Waals surface area (Å²) in [5, 5.41) is 0. The Hall–Kier alpha value is -1.54. The van der Waals surface area contributed by atoms with Crippen LogP contribution in [0.2, 0.25) is 0 Å². The second-order valence-electron chi connectivity index (χ2n) is 4.93. The Kier molecular flexibility index (Phi) is 3.02. The first-order chi connectivity index (χ1) is 9.37. The molecule has 2 aromatic rings. The number of aromatic nitrogens is 4. The molecule has 2 aromatic heterocycles. The van der Waals surface area contributed by atoms with Gasteiger partial charge < -0.3 is 24.8 Å². The number of nitrogens with zero attached hydrogens (tertiary/aromatic N) is 4. The molecule has 1 saturated carbocycles. The van der Waals surface area contributed by atoms with E-state index >= 15 is 0 Å². The van der Waals surface area contributed by atoms with Gasteiger partial charge in [0.15, 0.2) is 5.65 Å². The summed E-state index contributed by atoms with van der Waals surface area (Å²) < 4.78 is 18.0. The highest BCUT2D eigenvalue weighted by molar-refractivity contribution is 7.51. The van der Waals surface area contributed by atoms with Crippen LogP contribution < -0.4 is 5.73 Å². The molecule has 1 aliphatic carbocycles. The van der Waals surface area contributed by atoms with Gasteiger partial charge in [-0.05, 0) is 12.8 Å². The van der Waals surface area contributed by atoms with E-state index < -0.39 is 19.5 Å². The second kappa shape index (κ2) is 4.49. The highest BCUT2D eigenvalue weighted by Crippen LogP contribution is 2.46. The lowest BCUT2D eigenvalue weighted by molar-refractivity contribution is 0.0417. The van der Waals surface area contributed by atoms with Gasteiger partial charge in [0.25, 0.3) is 0 Å². The Morgan fingerprint density at radius 3 is 2.85 bits per heavy atom. The molecular weight excluding hydrogens is 285 g/mol. The number of fused-ring (bicyclic) bond motifs is 1. The molecule has 10 heteroatoms. The van der Waals surface area contributed by atoms with Crippen molar-refractivity contribution >= 4 is 24.7 Å². The Labute approximate surface area is 114 Å². The molecule has 0 unspecified atom stereocenters. The maximum atomic E-state index is 10.9. The molecule has 0 aromatic carbocycles. The van der Waals surface area contributed by atoms with Gasteiger partial charge in [0, 0.05) is 0 Å². The van der Waals surface area contributed by atoms with Crippen LogP contribution >= 0.6 is 7.60 Å². The Morgan fingerprint density at radius 1 is 1.45 bits per heavy atom. The Morgan fingerprint density at radius 2 is 2.20 bits per heavy atom. The number of nitrogens with two attached hydrogens (primary N) is 1. The van der Waals surface area contributed by atoms with Gasteiger partial charge in [0.1, 0.15) is 11.9 Å². The van der Waals surface area contributed by atoms with E-state index in [-0.39, 0.29) is 5.95 Å². The molecule has 9 nitrogen and oxygen atoms in total. The van der Waals surface area contributed by atoms with Crippen LogP contribution in [0.15, 0.2) is 12.5 Å². The van der Waals surface area contributed by atoms with Gasteiger partial charge in [-0.25, -0.2) is 9.97 Å². The highest BCUT2D eigenvalue weighted by atomic mass is 31.2. The van der Waals surface area contributed by atoms with E-state index in [1.54, 1.807) is 10.9 Å². The van der Waals surface area contributed by atoms with E-state index in [2.05, 4.69) is 15.0 Å². The minimum absolute atomic E-state index is 0.153. The van der Waals surface area contributed by atoms with E-state index in [1.165, 1.54) is 6.20 Å². The van der Waals surface area contributed by atoms with E-state index in [0.717, 1.165) is 12.8 Å². The van der Waals surface area contributed by atoms with Gasteiger partial charge in [-0.1, -0.05) is 0 Å². The predicted molar refractivity (Wildman–Crippen MR) is 69.7 cm³/mol. The number of rotatable bonds is 5. The van der Waals surface area contributed by atoms with E-state index in [1.807, 2.05) is 0 Å². The summed E-state index contributed by atoms with van der Waals surface area (Å²) in [6.45, 7) is 0.431. The lowest BCUT2D eigenvalue weighted by Gasteiger charge is -2.17. The number of hydrogen-bond donors (Lipinski definition) is 3. The predicted octanol–water partition coefficient (Wildman–Crippen LogP) is 0.0929. The molecule has 1 aliphatic rings. The van der Waals surface area contributed by atoms with Gasteiger partial charge in [-0.15, -0.1) is 0 Å². The number of anilines is 1. The minimum Gasteiger partial charge on any atom is -0.368 e. The average Bonchev–Trinajstić information content (AvgIpc) is 3.03. The zero-order valence-electron chi connectivity index (χ0n) is 10.5. The highest BCUT2D eigenvalue weighted by Gasteiger charge is 2.46. The third-order valence-electron chi connectivity index (χ3n) is 3.18. The molecule has 0 aliphatic heterocycles. The van der Waals surface area contributed by atoms with Gasteiger partial charge in [-0.3, -0.25) is 4.57 Å². The zero-order chi connectivity index (χ0) is 14.4. The Bertz CT molecular complexity index is 692. The fraction of sp³-hybridized carbons (Fsp3) is 0.500. The van der Waals surface area contributed by atoms with Gasteiger partial charge in [0.2, 0.25) is 5.95 Å². The summed E-state index contributed by atoms with van der Waals surface area (Å²) in [4.78, 5) is 29.9. The molecule has 0 radical (unpaired) electrons. The fourth-order valence-electron chi connectivity index (χ4n) is 2.00. The van der Waals surface area contributed by atoms with Crippen LogP contribution in [-0.2, 0) is 15.8 Å². The van der Waals surface area contributed by atoms with Gasteiger partial charge >= 0.3 is 7.60 Å². The second-order valence-corrected chi connectivity index (χ2v) is 6.52. The molecule has 4 N–H and O–H groups in total. The molecule has 0 atom stereocenters. The lowest BCUT2D eigenvalue weighted by atomic mass is 10.3. The standard InChI is InChI=1S/C10H14N5O4P/c11-9-12-3-7-8(14-9)15(5-13-7)4-10(1-2-10)19-6-20(16,17)18/h3,5H,1-2,4,6H2,(H2,11,12,14)(H2,16,17,18). The van der Waals surface area contributed by atoms with Crippen molar-refractivity contribution in [2.24, 2.45) is 0 Å². The first-order valence-electron chi connectivity index (χ1n) is 5.99. The third-order valence-corrected chi connectivity index (χ3v) is 3.65. The van der Waals surface area contributed by atoms with Crippen LogP contribution in [0, 0.1) is 0 Å². The van der Waals surface area contributed by atoms with Crippen LogP contribution in [-0.4, -0.2) is 41.3 Å². The van der Waals surface area contributed by atoms with Crippen molar-refractivity contribution in [2.75, 3.05) is 12.1 Å². The zero-order valence-corrected chi connectivity index (χ0v) is 11.4. The molecule has 20 heavy (non-hydrogen) atoms. The summed E-state index contributed by atoms with van der Waals surface area (Å²) in [6, 6.07) is 0. The maximum Gasteiger partial charge on any atom is 0.351 e. The van der Waals surface area contributed by atoms with Gasteiger partial charge in [0.05, 0.1) is 24.7 Å². The van der Waals surface area contributed by atoms with Crippen LogP contribution in [0.4, 0.5) is 5.95 Å². The van der Waals surface area contributed by atoms with Crippen LogP contribution in [0.5, 0.6) is 0 Å². The largest absolute Gasteiger partial charge is 0.368 e. The monoisotopic (exact) mass is 299 g/mol. The van der Waals surface area contributed by atoms with E-state index in [4.69, 9.17) is 20.3 Å². The van der Waals surface area contributed by atoms with Crippen LogP contribution in [0.3, 0.4) is 0 Å². The molecule has 3 rings (SSSR count). The van der Waals surface area contributed by atoms with E-state index in [9.17, 15) is 4.57 Å². The summed E-state index contributed by atoms with van der Waals surface area (Å²) in [5.41, 5.74) is 6.20. The molecule has 108 valence electrons. The molecule has 0 amide bonds. The van der Waals surface area contributed by atoms with Crippen LogP contribution in [0.25, 0.3) is 11.2 Å². The first kappa shape index (κ1) is 13.4. The number of hydrogen-bond acceptors (Lipinski definition) is 6. The summed E-state index contributed by atoms with van der Waals surface area (Å²) in [5.74, 6) is 0.153. The lowest BCUT2D eigenvalue weighted by Crippen LogP contribution is -2.22. The smallest absolute Gasteiger partial charge is 0.351 e. The number of imidazole rings is 1. The topological polar surface area (TPSA) is 136 Å². The van der Waals surface area contributed by atoms with Crippen molar-refractivity contribution in [1.29, 1.82) is 0 Å². The fourth-order valence-corrected chi connectivity index (χ4v) is 2.45. The maximum absolute atomic E-state index is 10.9. The SMILES string of the molecule is Nc1ncc2ncn(CC3(OCP(=O)(O)O)CC3)c2n1. The summed E-state index contributed by atoms with van der Waals surface area (Å²) in [7, 11) is -4.16. The van der Waals surface area contributed by atoms with Crippen molar-refractivity contribution in [2.45, 2.75) is 25.0 Å². The van der Waals surface area contributed by atoms with Crippen LogP contribution in [0.1, 0.15) is 12.8 Å². The quantitative estimate of drug-likeness (QED) is 0.661. The summed E-state index contributed by atoms with van der Waals surface area (Å²) in [6.07, 6.45) is 4.04. The molecule has 2 heterocycles. The molecule has 0 spiro atoms. The van der Waals surface area contributed by atoms with E-state index in [0.29, 0.717) is 17.7 Å². The van der Waals surface area contributed by atoms with Crippen molar-refractivity contribution in [1.82, 2.24) is 19.5 Å². The number of nitrogen functional groups attached to an aromatic ring is 1. The third kappa shape index (κ3) is 2.80.